The fourth-order valence-corrected chi connectivity index (χ4v) is 2.68. The molecule has 1 aliphatic heterocycles. The van der Waals surface area contributed by atoms with Crippen LogP contribution in [0.2, 0.25) is 0 Å². The zero-order chi connectivity index (χ0) is 17.1. The number of ether oxygens (including phenoxy) is 1. The van der Waals surface area contributed by atoms with Gasteiger partial charge in [0.05, 0.1) is 6.33 Å². The first-order valence-electron chi connectivity index (χ1n) is 7.80. The molecule has 1 aromatic heterocycles. The maximum absolute atomic E-state index is 12.4. The van der Waals surface area contributed by atoms with Crippen LogP contribution < -0.4 is 5.32 Å². The van der Waals surface area contributed by atoms with Crippen LogP contribution in [0, 0.1) is 0 Å². The molecule has 7 heteroatoms. The highest BCUT2D eigenvalue weighted by molar-refractivity contribution is 5.95. The van der Waals surface area contributed by atoms with Gasteiger partial charge in [-0.1, -0.05) is 6.07 Å². The van der Waals surface area contributed by atoms with E-state index in [2.05, 4.69) is 10.3 Å². The van der Waals surface area contributed by atoms with E-state index in [9.17, 15) is 9.59 Å². The van der Waals surface area contributed by atoms with Crippen molar-refractivity contribution in [1.29, 1.82) is 0 Å². The van der Waals surface area contributed by atoms with Gasteiger partial charge in [-0.25, -0.2) is 4.98 Å². The van der Waals surface area contributed by atoms with Crippen LogP contribution in [0.25, 0.3) is 5.69 Å². The van der Waals surface area contributed by atoms with Crippen LogP contribution in [0.5, 0.6) is 0 Å². The number of carbonyl (C=O) groups excluding carboxylic acids is 2. The summed E-state index contributed by atoms with van der Waals surface area (Å²) in [6, 6.07) is 7.46. The second-order valence-corrected chi connectivity index (χ2v) is 5.93. The fraction of sp³-hybridized carbons (Fsp3) is 0.353. The lowest BCUT2D eigenvalue weighted by atomic mass is 10.1. The van der Waals surface area contributed by atoms with E-state index in [1.807, 2.05) is 35.0 Å². The van der Waals surface area contributed by atoms with E-state index < -0.39 is 12.2 Å². The summed E-state index contributed by atoms with van der Waals surface area (Å²) in [6.45, 7) is 0. The molecule has 1 N–H and O–H groups in total. The molecule has 1 aromatic carbocycles. The molecule has 0 bridgehead atoms. The summed E-state index contributed by atoms with van der Waals surface area (Å²) in [6.07, 6.45) is 5.18. The van der Waals surface area contributed by atoms with Gasteiger partial charge >= 0.3 is 0 Å². The number of carbonyl (C=O) groups is 2. The van der Waals surface area contributed by atoms with Gasteiger partial charge in [0, 0.05) is 37.9 Å². The van der Waals surface area contributed by atoms with Crippen LogP contribution in [0.15, 0.2) is 43.0 Å². The summed E-state index contributed by atoms with van der Waals surface area (Å²) >= 11 is 0. The number of hydrogen-bond acceptors (Lipinski definition) is 4. The molecular formula is C17H20N4O3. The molecule has 2 amide bonds. The molecule has 0 saturated carbocycles. The smallest absolute Gasteiger partial charge is 0.253 e. The predicted molar refractivity (Wildman–Crippen MR) is 88.8 cm³/mol. The van der Waals surface area contributed by atoms with Crippen molar-refractivity contribution in [1.82, 2.24) is 14.5 Å². The summed E-state index contributed by atoms with van der Waals surface area (Å²) in [7, 11) is 3.36. The van der Waals surface area contributed by atoms with Crippen molar-refractivity contribution < 1.29 is 14.3 Å². The first-order valence-corrected chi connectivity index (χ1v) is 7.80. The van der Waals surface area contributed by atoms with Gasteiger partial charge in [-0.15, -0.1) is 0 Å². The topological polar surface area (TPSA) is 76.5 Å². The van der Waals surface area contributed by atoms with Crippen molar-refractivity contribution in [2.75, 3.05) is 19.4 Å². The molecule has 0 radical (unpaired) electrons. The average Bonchev–Trinajstić information content (AvgIpc) is 3.26. The molecule has 0 spiro atoms. The minimum atomic E-state index is -0.601. The molecule has 0 unspecified atom stereocenters. The number of anilines is 1. The first kappa shape index (κ1) is 16.2. The number of hydrogen-bond donors (Lipinski definition) is 1. The Morgan fingerprint density at radius 2 is 2.08 bits per heavy atom. The molecular weight excluding hydrogens is 308 g/mol. The SMILES string of the molecule is CN(C)C(=O)[C@H]1CC[C@@H](C(=O)Nc2cccc(-n3ccnc3)c2)O1. The Labute approximate surface area is 140 Å². The van der Waals surface area contributed by atoms with Gasteiger partial charge in [0.15, 0.2) is 0 Å². The minimum Gasteiger partial charge on any atom is -0.355 e. The van der Waals surface area contributed by atoms with Gasteiger partial charge in [0.25, 0.3) is 11.8 Å². The lowest BCUT2D eigenvalue weighted by Crippen LogP contribution is -2.35. The zero-order valence-electron chi connectivity index (χ0n) is 13.7. The lowest BCUT2D eigenvalue weighted by molar-refractivity contribution is -0.143. The molecule has 7 nitrogen and oxygen atoms in total. The third-order valence-corrected chi connectivity index (χ3v) is 3.94. The van der Waals surface area contributed by atoms with Gasteiger partial charge in [0.1, 0.15) is 12.2 Å². The van der Waals surface area contributed by atoms with E-state index in [1.54, 1.807) is 26.6 Å². The number of imidazole rings is 1. The molecule has 2 aromatic rings. The quantitative estimate of drug-likeness (QED) is 0.921. The molecule has 1 saturated heterocycles. The van der Waals surface area contributed by atoms with Gasteiger partial charge in [-0.05, 0) is 31.0 Å². The van der Waals surface area contributed by atoms with Crippen LogP contribution in [0.4, 0.5) is 5.69 Å². The van der Waals surface area contributed by atoms with Crippen LogP contribution in [-0.2, 0) is 14.3 Å². The third kappa shape index (κ3) is 3.46. The summed E-state index contributed by atoms with van der Waals surface area (Å²) in [5.74, 6) is -0.334. The van der Waals surface area contributed by atoms with Crippen molar-refractivity contribution in [2.24, 2.45) is 0 Å². The van der Waals surface area contributed by atoms with Crippen LogP contribution in [0.1, 0.15) is 12.8 Å². The molecule has 2 heterocycles. The molecule has 1 fully saturated rings. The van der Waals surface area contributed by atoms with Crippen molar-refractivity contribution in [2.45, 2.75) is 25.0 Å². The van der Waals surface area contributed by atoms with E-state index in [1.165, 1.54) is 4.90 Å². The zero-order valence-corrected chi connectivity index (χ0v) is 13.7. The maximum Gasteiger partial charge on any atom is 0.253 e. The standard InChI is InChI=1S/C17H20N4O3/c1-20(2)17(23)15-7-6-14(24-15)16(22)19-12-4-3-5-13(10-12)21-9-8-18-11-21/h3-5,8-11,14-15H,6-7H2,1-2H3,(H,19,22)/t14-,15+/m0/s1. The minimum absolute atomic E-state index is 0.104. The molecule has 0 aliphatic carbocycles. The highest BCUT2D eigenvalue weighted by atomic mass is 16.5. The van der Waals surface area contributed by atoms with Gasteiger partial charge in [0.2, 0.25) is 0 Å². The Kier molecular flexibility index (Phi) is 4.61. The van der Waals surface area contributed by atoms with Gasteiger partial charge in [-0.2, -0.15) is 0 Å². The van der Waals surface area contributed by atoms with Crippen molar-refractivity contribution in [3.8, 4) is 5.69 Å². The predicted octanol–water partition coefficient (Wildman–Crippen LogP) is 1.45. The number of nitrogens with one attached hydrogen (secondary N) is 1. The fourth-order valence-electron chi connectivity index (χ4n) is 2.68. The van der Waals surface area contributed by atoms with Crippen LogP contribution >= 0.6 is 0 Å². The Balaban J connectivity index is 1.64. The number of rotatable bonds is 4. The normalized spacial score (nSPS) is 19.9. The highest BCUT2D eigenvalue weighted by Crippen LogP contribution is 2.23. The van der Waals surface area contributed by atoms with Gasteiger partial charge < -0.3 is 19.5 Å². The van der Waals surface area contributed by atoms with Crippen LogP contribution in [0.3, 0.4) is 0 Å². The first-order chi connectivity index (χ1) is 11.5. The molecule has 126 valence electrons. The number of likely N-dealkylation sites (N-methyl/N-ethyl adjacent to an activating group) is 1. The molecule has 24 heavy (non-hydrogen) atoms. The van der Waals surface area contributed by atoms with Gasteiger partial charge in [-0.3, -0.25) is 9.59 Å². The summed E-state index contributed by atoms with van der Waals surface area (Å²) in [4.78, 5) is 29.8. The van der Waals surface area contributed by atoms with E-state index in [-0.39, 0.29) is 11.8 Å². The third-order valence-electron chi connectivity index (χ3n) is 3.94. The Bertz CT molecular complexity index is 727. The summed E-state index contributed by atoms with van der Waals surface area (Å²) < 4.78 is 7.46. The lowest BCUT2D eigenvalue weighted by Gasteiger charge is -2.17. The number of aromatic nitrogens is 2. The highest BCUT2D eigenvalue weighted by Gasteiger charge is 2.35. The van der Waals surface area contributed by atoms with E-state index in [4.69, 9.17) is 4.74 Å². The molecule has 3 rings (SSSR count). The number of amides is 2. The number of benzene rings is 1. The van der Waals surface area contributed by atoms with Crippen molar-refractivity contribution >= 4 is 17.5 Å². The molecule has 1 aliphatic rings. The molecule has 2 atom stereocenters. The van der Waals surface area contributed by atoms with Crippen molar-refractivity contribution in [3.05, 3.63) is 43.0 Å². The number of nitrogens with zero attached hydrogens (tertiary/aromatic N) is 3. The second kappa shape index (κ2) is 6.84. The average molecular weight is 328 g/mol. The largest absolute Gasteiger partial charge is 0.355 e. The Morgan fingerprint density at radius 3 is 2.79 bits per heavy atom. The summed E-state index contributed by atoms with van der Waals surface area (Å²) in [5.41, 5.74) is 1.58. The van der Waals surface area contributed by atoms with Crippen LogP contribution in [-0.4, -0.2) is 52.6 Å². The maximum atomic E-state index is 12.4. The second-order valence-electron chi connectivity index (χ2n) is 5.93. The van der Waals surface area contributed by atoms with E-state index in [0.29, 0.717) is 18.5 Å². The monoisotopic (exact) mass is 328 g/mol. The van der Waals surface area contributed by atoms with E-state index in [0.717, 1.165) is 5.69 Å². The Hall–Kier alpha value is -2.67. The van der Waals surface area contributed by atoms with Crippen molar-refractivity contribution in [3.63, 3.8) is 0 Å². The summed E-state index contributed by atoms with van der Waals surface area (Å²) in [5, 5.41) is 2.85. The Morgan fingerprint density at radius 1 is 1.29 bits per heavy atom. The van der Waals surface area contributed by atoms with E-state index >= 15 is 0 Å².